The molecule has 0 spiro atoms. The Morgan fingerprint density at radius 2 is 1.90 bits per heavy atom. The summed E-state index contributed by atoms with van der Waals surface area (Å²) < 4.78 is 6.77. The molecule has 5 nitrogen and oxygen atoms in total. The number of aromatic amines is 1. The highest BCUT2D eigenvalue weighted by Gasteiger charge is 2.15. The third-order valence-electron chi connectivity index (χ3n) is 4.46. The third-order valence-corrected chi connectivity index (χ3v) is 4.95. The number of amides is 1. The monoisotopic (exact) mass is 493 g/mol. The van der Waals surface area contributed by atoms with Gasteiger partial charge in [-0.3, -0.25) is 4.79 Å². The zero-order chi connectivity index (χ0) is 20.9. The first-order valence-electron chi connectivity index (χ1n) is 9.80. The zero-order valence-electron chi connectivity index (χ0n) is 17.5. The molecule has 0 radical (unpaired) electrons. The molecule has 0 aliphatic heterocycles. The Bertz CT molecular complexity index is 982. The highest BCUT2D eigenvalue weighted by molar-refractivity contribution is 9.10. The van der Waals surface area contributed by atoms with Crippen molar-refractivity contribution in [2.45, 2.75) is 39.3 Å². The van der Waals surface area contributed by atoms with Gasteiger partial charge in [0.1, 0.15) is 5.75 Å². The molecule has 1 heterocycles. The molecule has 0 unspecified atom stereocenters. The van der Waals surface area contributed by atoms with Gasteiger partial charge in [0.15, 0.2) is 6.61 Å². The summed E-state index contributed by atoms with van der Waals surface area (Å²) in [5.41, 5.74) is 3.21. The van der Waals surface area contributed by atoms with Gasteiger partial charge in [0.05, 0.1) is 0 Å². The molecular formula is C23H29BrClN3O2. The maximum Gasteiger partial charge on any atom is 0.258 e. The van der Waals surface area contributed by atoms with Crippen molar-refractivity contribution in [2.75, 3.05) is 13.2 Å². The van der Waals surface area contributed by atoms with Gasteiger partial charge in [-0.25, -0.2) is 0 Å². The van der Waals surface area contributed by atoms with Crippen LogP contribution in [-0.2, 0) is 17.8 Å². The van der Waals surface area contributed by atoms with E-state index in [1.165, 1.54) is 16.5 Å². The lowest BCUT2D eigenvalue weighted by atomic mass is 10.1. The Kier molecular flexibility index (Phi) is 8.77. The molecule has 162 valence electrons. The molecule has 0 aliphatic rings. The number of nitrogens with one attached hydrogen (secondary N) is 3. The summed E-state index contributed by atoms with van der Waals surface area (Å²) in [5, 5.41) is 7.66. The number of carbonyl (C=O) groups excluding carboxylic acids is 1. The van der Waals surface area contributed by atoms with Gasteiger partial charge < -0.3 is 20.4 Å². The number of H-pyrrole nitrogens is 1. The number of benzene rings is 2. The van der Waals surface area contributed by atoms with E-state index >= 15 is 0 Å². The van der Waals surface area contributed by atoms with Crippen LogP contribution < -0.4 is 15.4 Å². The van der Waals surface area contributed by atoms with Crippen molar-refractivity contribution < 1.29 is 9.53 Å². The van der Waals surface area contributed by atoms with Crippen molar-refractivity contribution in [2.24, 2.45) is 0 Å². The fraction of sp³-hybridized carbons (Fsp3) is 0.348. The molecule has 2 aromatic carbocycles. The van der Waals surface area contributed by atoms with E-state index in [1.807, 2.05) is 45.0 Å². The van der Waals surface area contributed by atoms with Crippen LogP contribution in [0.3, 0.4) is 0 Å². The number of hydrogen-bond donors (Lipinski definition) is 3. The van der Waals surface area contributed by atoms with Crippen LogP contribution in [0.5, 0.6) is 5.75 Å². The predicted molar refractivity (Wildman–Crippen MR) is 128 cm³/mol. The van der Waals surface area contributed by atoms with Gasteiger partial charge in [0.25, 0.3) is 5.91 Å². The first-order valence-corrected chi connectivity index (χ1v) is 10.6. The molecule has 1 amide bonds. The van der Waals surface area contributed by atoms with E-state index in [-0.39, 0.29) is 30.5 Å². The largest absolute Gasteiger partial charge is 0.483 e. The molecule has 30 heavy (non-hydrogen) atoms. The van der Waals surface area contributed by atoms with Crippen molar-refractivity contribution in [1.29, 1.82) is 0 Å². The lowest BCUT2D eigenvalue weighted by Crippen LogP contribution is -2.43. The van der Waals surface area contributed by atoms with E-state index in [4.69, 9.17) is 4.74 Å². The van der Waals surface area contributed by atoms with E-state index < -0.39 is 0 Å². The van der Waals surface area contributed by atoms with Gasteiger partial charge in [0, 0.05) is 39.2 Å². The average Bonchev–Trinajstić information content (AvgIpc) is 3.06. The van der Waals surface area contributed by atoms with Crippen molar-refractivity contribution >= 4 is 45.1 Å². The molecule has 3 aromatic rings. The van der Waals surface area contributed by atoms with E-state index in [0.717, 1.165) is 28.8 Å². The lowest BCUT2D eigenvalue weighted by molar-refractivity contribution is -0.124. The first-order chi connectivity index (χ1) is 13.8. The minimum atomic E-state index is -0.271. The Balaban J connectivity index is 0.00000320. The van der Waals surface area contributed by atoms with Crippen LogP contribution in [0.1, 0.15) is 31.9 Å². The van der Waals surface area contributed by atoms with Gasteiger partial charge in [-0.15, -0.1) is 12.4 Å². The number of hydrogen-bond acceptors (Lipinski definition) is 3. The van der Waals surface area contributed by atoms with Gasteiger partial charge in [-0.05, 0) is 63.6 Å². The van der Waals surface area contributed by atoms with Gasteiger partial charge in [-0.2, -0.15) is 0 Å². The number of carbonyl (C=O) groups is 1. The van der Waals surface area contributed by atoms with Crippen LogP contribution >= 0.6 is 28.3 Å². The van der Waals surface area contributed by atoms with Crippen LogP contribution in [0.4, 0.5) is 0 Å². The minimum Gasteiger partial charge on any atom is -0.483 e. The van der Waals surface area contributed by atoms with Gasteiger partial charge in [0.2, 0.25) is 0 Å². The normalized spacial score (nSPS) is 11.2. The minimum absolute atomic E-state index is 0. The Morgan fingerprint density at radius 1 is 1.13 bits per heavy atom. The number of rotatable bonds is 8. The highest BCUT2D eigenvalue weighted by Crippen LogP contribution is 2.23. The summed E-state index contributed by atoms with van der Waals surface area (Å²) in [6.45, 7) is 7.37. The van der Waals surface area contributed by atoms with Crippen LogP contribution in [-0.4, -0.2) is 29.6 Å². The first kappa shape index (κ1) is 24.3. The maximum absolute atomic E-state index is 12.0. The zero-order valence-corrected chi connectivity index (χ0v) is 20.0. The van der Waals surface area contributed by atoms with Crippen molar-refractivity contribution in [3.8, 4) is 5.75 Å². The Hall–Kier alpha value is -2.02. The second-order valence-corrected chi connectivity index (χ2v) is 9.04. The topological polar surface area (TPSA) is 66.2 Å². The van der Waals surface area contributed by atoms with E-state index in [0.29, 0.717) is 6.54 Å². The van der Waals surface area contributed by atoms with E-state index in [1.54, 1.807) is 0 Å². The fourth-order valence-electron chi connectivity index (χ4n) is 3.21. The fourth-order valence-corrected chi connectivity index (χ4v) is 3.62. The predicted octanol–water partition coefficient (Wildman–Crippen LogP) is 4.98. The summed E-state index contributed by atoms with van der Waals surface area (Å²) in [7, 11) is 0. The smallest absolute Gasteiger partial charge is 0.258 e. The third kappa shape index (κ3) is 7.04. The summed E-state index contributed by atoms with van der Waals surface area (Å²) in [6.07, 6.45) is 3.01. The van der Waals surface area contributed by atoms with Crippen LogP contribution in [0.2, 0.25) is 0 Å². The second kappa shape index (κ2) is 10.8. The van der Waals surface area contributed by atoms with Crippen LogP contribution in [0.25, 0.3) is 10.9 Å². The van der Waals surface area contributed by atoms with Crippen LogP contribution in [0, 0.1) is 0 Å². The maximum atomic E-state index is 12.0. The summed E-state index contributed by atoms with van der Waals surface area (Å²) >= 11 is 3.52. The molecule has 0 aliphatic carbocycles. The molecule has 0 atom stereocenters. The Labute approximate surface area is 192 Å². The average molecular weight is 495 g/mol. The summed E-state index contributed by atoms with van der Waals surface area (Å²) in [5.74, 6) is 0.593. The van der Waals surface area contributed by atoms with Crippen LogP contribution in [0.15, 0.2) is 53.1 Å². The summed E-state index contributed by atoms with van der Waals surface area (Å²) in [6, 6.07) is 14.2. The molecule has 0 fully saturated rings. The number of aromatic nitrogens is 1. The molecule has 3 rings (SSSR count). The highest BCUT2D eigenvalue weighted by atomic mass is 79.9. The van der Waals surface area contributed by atoms with Crippen molar-refractivity contribution in [1.82, 2.24) is 15.6 Å². The van der Waals surface area contributed by atoms with Gasteiger partial charge >= 0.3 is 0 Å². The molecule has 0 bridgehead atoms. The second-order valence-electron chi connectivity index (χ2n) is 8.13. The molecule has 3 N–H and O–H groups in total. The molecule has 1 aromatic heterocycles. The molecule has 0 saturated heterocycles. The molecule has 0 saturated carbocycles. The number of halogens is 2. The summed E-state index contributed by atoms with van der Waals surface area (Å²) in [4.78, 5) is 15.4. The molecular weight excluding hydrogens is 466 g/mol. The number of para-hydroxylation sites is 1. The number of ether oxygens (including phenoxy) is 1. The quantitative estimate of drug-likeness (QED) is 0.387. The van der Waals surface area contributed by atoms with Crippen molar-refractivity contribution in [3.63, 3.8) is 0 Å². The lowest BCUT2D eigenvalue weighted by Gasteiger charge is -2.21. The van der Waals surface area contributed by atoms with E-state index in [2.05, 4.69) is 55.9 Å². The standard InChI is InChI=1S/C23H28BrN3O2.ClH/c1-23(2,3)27-22(28)15-29-21-9-8-18(24)12-17(21)13-25-11-10-16-14-26-20-7-5-4-6-19(16)20;/h4-9,12,14,25-26H,10-11,13,15H2,1-3H3,(H,27,28);1H. The number of fused-ring (bicyclic) bond motifs is 1. The van der Waals surface area contributed by atoms with Gasteiger partial charge in [-0.1, -0.05) is 34.1 Å². The molecule has 7 heteroatoms. The Morgan fingerprint density at radius 3 is 2.67 bits per heavy atom. The van der Waals surface area contributed by atoms with Crippen molar-refractivity contribution in [3.05, 3.63) is 64.3 Å². The van der Waals surface area contributed by atoms with E-state index in [9.17, 15) is 4.79 Å². The SMILES string of the molecule is CC(C)(C)NC(=O)COc1ccc(Br)cc1CNCCc1c[nH]c2ccccc12.Cl.